The molecule has 2 N–H and O–H groups in total. The number of aryl methyl sites for hydroxylation is 1. The van der Waals surface area contributed by atoms with Gasteiger partial charge in [0.2, 0.25) is 0 Å². The van der Waals surface area contributed by atoms with Crippen molar-refractivity contribution < 1.29 is 4.79 Å². The molecule has 0 aliphatic heterocycles. The van der Waals surface area contributed by atoms with Crippen LogP contribution in [-0.4, -0.2) is 16.1 Å². The Morgan fingerprint density at radius 2 is 2.11 bits per heavy atom. The number of carbonyl (C=O) groups excluding carboxylic acids is 1. The van der Waals surface area contributed by atoms with Gasteiger partial charge < -0.3 is 5.32 Å². The Morgan fingerprint density at radius 1 is 1.37 bits per heavy atom. The number of carbonyl (C=O) groups is 1. The fourth-order valence-electron chi connectivity index (χ4n) is 1.68. The molecule has 0 radical (unpaired) electrons. The molecule has 0 bridgehead atoms. The van der Waals surface area contributed by atoms with E-state index in [9.17, 15) is 4.79 Å². The summed E-state index contributed by atoms with van der Waals surface area (Å²) in [7, 11) is 0. The second-order valence-electron chi connectivity index (χ2n) is 4.80. The first kappa shape index (κ1) is 13.6. The van der Waals surface area contributed by atoms with Crippen LogP contribution < -0.4 is 5.32 Å². The smallest absolute Gasteiger partial charge is 0.258 e. The van der Waals surface area contributed by atoms with E-state index < -0.39 is 0 Å². The van der Waals surface area contributed by atoms with Crippen molar-refractivity contribution in [3.63, 3.8) is 0 Å². The summed E-state index contributed by atoms with van der Waals surface area (Å²) < 4.78 is 0. The van der Waals surface area contributed by atoms with Crippen molar-refractivity contribution in [2.45, 2.75) is 26.7 Å². The van der Waals surface area contributed by atoms with Crippen LogP contribution in [0.5, 0.6) is 0 Å². The summed E-state index contributed by atoms with van der Waals surface area (Å²) in [6.07, 6.45) is 0. The molecule has 1 heterocycles. The van der Waals surface area contributed by atoms with Gasteiger partial charge in [-0.25, -0.2) is 0 Å². The maximum absolute atomic E-state index is 12.1. The van der Waals surface area contributed by atoms with Crippen LogP contribution in [0.4, 0.5) is 5.82 Å². The van der Waals surface area contributed by atoms with E-state index >= 15 is 0 Å². The summed E-state index contributed by atoms with van der Waals surface area (Å²) in [5.41, 5.74) is 2.44. The number of rotatable bonds is 3. The first-order chi connectivity index (χ1) is 8.97. The number of nitrogens with one attached hydrogen (secondary N) is 2. The predicted octanol–water partition coefficient (Wildman–Crippen LogP) is 3.75. The number of hydrogen-bond acceptors (Lipinski definition) is 2. The molecule has 4 nitrogen and oxygen atoms in total. The second-order valence-corrected chi connectivity index (χ2v) is 5.21. The topological polar surface area (TPSA) is 57.8 Å². The summed E-state index contributed by atoms with van der Waals surface area (Å²) in [4.78, 5) is 12.1. The van der Waals surface area contributed by atoms with Crippen molar-refractivity contribution in [2.75, 3.05) is 5.32 Å². The van der Waals surface area contributed by atoms with Gasteiger partial charge in [0.25, 0.3) is 5.91 Å². The van der Waals surface area contributed by atoms with E-state index in [-0.39, 0.29) is 5.91 Å². The lowest BCUT2D eigenvalue weighted by molar-refractivity contribution is 0.102. The fraction of sp³-hybridized carbons (Fsp3) is 0.286. The second kappa shape index (κ2) is 5.45. The summed E-state index contributed by atoms with van der Waals surface area (Å²) >= 11 is 6.06. The van der Waals surface area contributed by atoms with Crippen LogP contribution in [0, 0.1) is 6.92 Å². The molecular formula is C14H16ClN3O. The quantitative estimate of drug-likeness (QED) is 0.898. The maximum Gasteiger partial charge on any atom is 0.258 e. The van der Waals surface area contributed by atoms with Gasteiger partial charge in [0.15, 0.2) is 5.82 Å². The van der Waals surface area contributed by atoms with Gasteiger partial charge in [0, 0.05) is 11.8 Å². The minimum Gasteiger partial charge on any atom is -0.305 e. The largest absolute Gasteiger partial charge is 0.305 e. The monoisotopic (exact) mass is 277 g/mol. The van der Waals surface area contributed by atoms with Gasteiger partial charge in [-0.1, -0.05) is 31.5 Å². The molecule has 2 rings (SSSR count). The van der Waals surface area contributed by atoms with E-state index in [4.69, 9.17) is 11.6 Å². The van der Waals surface area contributed by atoms with Crippen LogP contribution in [-0.2, 0) is 0 Å². The van der Waals surface area contributed by atoms with E-state index in [0.29, 0.717) is 22.3 Å². The van der Waals surface area contributed by atoms with Gasteiger partial charge >= 0.3 is 0 Å². The zero-order valence-corrected chi connectivity index (χ0v) is 11.9. The molecule has 0 saturated carbocycles. The molecule has 1 aromatic heterocycles. The fourth-order valence-corrected chi connectivity index (χ4v) is 2.01. The Hall–Kier alpha value is -1.81. The Kier molecular flexibility index (Phi) is 3.90. The molecule has 0 spiro atoms. The molecule has 0 fully saturated rings. The van der Waals surface area contributed by atoms with Crippen molar-refractivity contribution in [1.82, 2.24) is 10.2 Å². The van der Waals surface area contributed by atoms with Crippen LogP contribution in [0.2, 0.25) is 5.02 Å². The number of anilines is 1. The molecule has 1 amide bonds. The molecule has 0 aliphatic carbocycles. The number of halogens is 1. The Labute approximate surface area is 117 Å². The minimum absolute atomic E-state index is 0.258. The van der Waals surface area contributed by atoms with Crippen molar-refractivity contribution >= 4 is 23.3 Å². The number of aromatic amines is 1. The molecular weight excluding hydrogens is 262 g/mol. The Bertz CT molecular complexity index is 604. The third-order valence-corrected chi connectivity index (χ3v) is 3.14. The lowest BCUT2D eigenvalue weighted by Crippen LogP contribution is -2.12. The van der Waals surface area contributed by atoms with Gasteiger partial charge in [0.1, 0.15) is 0 Å². The van der Waals surface area contributed by atoms with Crippen LogP contribution in [0.15, 0.2) is 24.3 Å². The van der Waals surface area contributed by atoms with Crippen molar-refractivity contribution in [3.8, 4) is 0 Å². The molecule has 100 valence electrons. The number of amides is 1. The molecule has 0 unspecified atom stereocenters. The highest BCUT2D eigenvalue weighted by molar-refractivity contribution is 6.34. The van der Waals surface area contributed by atoms with E-state index in [2.05, 4.69) is 29.4 Å². The van der Waals surface area contributed by atoms with Crippen molar-refractivity contribution in [1.29, 1.82) is 0 Å². The molecule has 2 aromatic rings. The highest BCUT2D eigenvalue weighted by atomic mass is 35.5. The lowest BCUT2D eigenvalue weighted by atomic mass is 10.1. The molecule has 0 aliphatic rings. The SMILES string of the molecule is Cc1ccc(C(=O)Nc2cc(C(C)C)[nH]n2)c(Cl)c1. The third kappa shape index (κ3) is 3.15. The van der Waals surface area contributed by atoms with Crippen LogP contribution in [0.3, 0.4) is 0 Å². The zero-order valence-electron chi connectivity index (χ0n) is 11.1. The number of aromatic nitrogens is 2. The van der Waals surface area contributed by atoms with Gasteiger partial charge in [-0.3, -0.25) is 9.89 Å². The number of benzene rings is 1. The number of H-pyrrole nitrogens is 1. The predicted molar refractivity (Wildman–Crippen MR) is 76.8 cm³/mol. The van der Waals surface area contributed by atoms with Gasteiger partial charge in [-0.2, -0.15) is 5.10 Å². The highest BCUT2D eigenvalue weighted by Gasteiger charge is 2.12. The van der Waals surface area contributed by atoms with Gasteiger partial charge in [-0.15, -0.1) is 0 Å². The average Bonchev–Trinajstić information content (AvgIpc) is 2.77. The van der Waals surface area contributed by atoms with Gasteiger partial charge in [-0.05, 0) is 30.5 Å². The number of nitrogens with zero attached hydrogens (tertiary/aromatic N) is 1. The Balaban J connectivity index is 2.16. The maximum atomic E-state index is 12.1. The number of hydrogen-bond donors (Lipinski definition) is 2. The van der Waals surface area contributed by atoms with Crippen molar-refractivity contribution in [2.24, 2.45) is 0 Å². The molecule has 0 atom stereocenters. The normalized spacial score (nSPS) is 10.8. The Morgan fingerprint density at radius 3 is 2.68 bits per heavy atom. The third-order valence-electron chi connectivity index (χ3n) is 2.83. The summed E-state index contributed by atoms with van der Waals surface area (Å²) in [6, 6.07) is 7.15. The first-order valence-electron chi connectivity index (χ1n) is 6.10. The molecule has 1 aromatic carbocycles. The van der Waals surface area contributed by atoms with Crippen LogP contribution in [0.1, 0.15) is 41.4 Å². The van der Waals surface area contributed by atoms with Gasteiger partial charge in [0.05, 0.1) is 10.6 Å². The standard InChI is InChI=1S/C14H16ClN3O/c1-8(2)12-7-13(18-17-12)16-14(19)10-5-4-9(3)6-11(10)15/h4-8H,1-3H3,(H2,16,17,18,19). The molecule has 0 saturated heterocycles. The molecule has 19 heavy (non-hydrogen) atoms. The molecule has 5 heteroatoms. The minimum atomic E-state index is -0.258. The van der Waals surface area contributed by atoms with E-state index in [1.54, 1.807) is 12.1 Å². The summed E-state index contributed by atoms with van der Waals surface area (Å²) in [6.45, 7) is 6.03. The highest BCUT2D eigenvalue weighted by Crippen LogP contribution is 2.20. The average molecular weight is 278 g/mol. The van der Waals surface area contributed by atoms with E-state index in [1.807, 2.05) is 19.1 Å². The first-order valence-corrected chi connectivity index (χ1v) is 6.48. The van der Waals surface area contributed by atoms with E-state index in [1.165, 1.54) is 0 Å². The van der Waals surface area contributed by atoms with Crippen LogP contribution in [0.25, 0.3) is 0 Å². The lowest BCUT2D eigenvalue weighted by Gasteiger charge is -2.04. The summed E-state index contributed by atoms with van der Waals surface area (Å²) in [5, 5.41) is 10.1. The van der Waals surface area contributed by atoms with Crippen molar-refractivity contribution in [3.05, 3.63) is 46.1 Å². The zero-order chi connectivity index (χ0) is 14.0. The summed E-state index contributed by atoms with van der Waals surface area (Å²) in [5.74, 6) is 0.582. The van der Waals surface area contributed by atoms with E-state index in [0.717, 1.165) is 11.3 Å². The van der Waals surface area contributed by atoms with Crippen LogP contribution >= 0.6 is 11.6 Å².